The van der Waals surface area contributed by atoms with Gasteiger partial charge in [0.15, 0.2) is 0 Å². The summed E-state index contributed by atoms with van der Waals surface area (Å²) >= 11 is 5.78. The summed E-state index contributed by atoms with van der Waals surface area (Å²) in [6.45, 7) is 6.45. The largest absolute Gasteiger partial charge is 0.352 e. The van der Waals surface area contributed by atoms with Crippen LogP contribution in [0.15, 0.2) is 42.5 Å². The van der Waals surface area contributed by atoms with Crippen molar-refractivity contribution >= 4 is 29.1 Å². The van der Waals surface area contributed by atoms with Gasteiger partial charge in [0.2, 0.25) is 5.91 Å². The van der Waals surface area contributed by atoms with E-state index in [1.54, 1.807) is 12.1 Å². The summed E-state index contributed by atoms with van der Waals surface area (Å²) in [5.74, 6) is -1.23. The van der Waals surface area contributed by atoms with Gasteiger partial charge in [0.25, 0.3) is 5.91 Å². The van der Waals surface area contributed by atoms with E-state index in [0.29, 0.717) is 10.6 Å². The highest BCUT2D eigenvalue weighted by molar-refractivity contribution is 6.30. The number of rotatable bonds is 5. The summed E-state index contributed by atoms with van der Waals surface area (Å²) in [6.07, 6.45) is 0.0256. The maximum Gasteiger partial charge on any atom is 0.251 e. The Labute approximate surface area is 157 Å². The maximum absolute atomic E-state index is 13.6. The van der Waals surface area contributed by atoms with E-state index in [4.69, 9.17) is 11.6 Å². The average molecular weight is 377 g/mol. The van der Waals surface area contributed by atoms with Crippen molar-refractivity contribution in [1.29, 1.82) is 0 Å². The Hall–Kier alpha value is -2.40. The number of hydrogen-bond acceptors (Lipinski definition) is 2. The van der Waals surface area contributed by atoms with Crippen LogP contribution in [0, 0.1) is 5.82 Å². The Kier molecular flexibility index (Phi) is 6.37. The molecule has 0 bridgehead atoms. The number of nitrogens with one attached hydrogen (secondary N) is 2. The van der Waals surface area contributed by atoms with Gasteiger partial charge in [0, 0.05) is 23.6 Å². The standard InChI is InChI=1S/C20H22ClFN2O2/c1-20(2,3)14-6-4-13(5-7-14)19(26)23-11-10-18(25)24-17-12-15(21)8-9-16(17)22/h4-9,12H,10-11H2,1-3H3,(H,23,26)(H,24,25). The van der Waals surface area contributed by atoms with Gasteiger partial charge in [-0.1, -0.05) is 44.5 Å². The lowest BCUT2D eigenvalue weighted by Gasteiger charge is -2.19. The van der Waals surface area contributed by atoms with Crippen LogP contribution in [0.1, 0.15) is 43.1 Å². The Bertz CT molecular complexity index is 798. The van der Waals surface area contributed by atoms with Gasteiger partial charge in [-0.05, 0) is 41.3 Å². The molecule has 6 heteroatoms. The third-order valence-electron chi connectivity index (χ3n) is 3.85. The molecule has 0 aliphatic carbocycles. The predicted molar refractivity (Wildman–Crippen MR) is 102 cm³/mol. The third kappa shape index (κ3) is 5.56. The lowest BCUT2D eigenvalue weighted by molar-refractivity contribution is -0.116. The number of halogens is 2. The molecule has 2 aromatic carbocycles. The monoisotopic (exact) mass is 376 g/mol. The van der Waals surface area contributed by atoms with Crippen LogP contribution in [0.4, 0.5) is 10.1 Å². The lowest BCUT2D eigenvalue weighted by Crippen LogP contribution is -2.27. The molecule has 138 valence electrons. The minimum Gasteiger partial charge on any atom is -0.352 e. The van der Waals surface area contributed by atoms with Crippen LogP contribution >= 0.6 is 11.6 Å². The molecule has 0 aliphatic rings. The minimum absolute atomic E-state index is 0.0166. The Morgan fingerprint density at radius 1 is 1.08 bits per heavy atom. The van der Waals surface area contributed by atoms with Crippen LogP contribution in [0.5, 0.6) is 0 Å². The van der Waals surface area contributed by atoms with Crippen molar-refractivity contribution in [2.75, 3.05) is 11.9 Å². The first-order valence-corrected chi connectivity index (χ1v) is 8.68. The summed E-state index contributed by atoms with van der Waals surface area (Å²) < 4.78 is 13.6. The summed E-state index contributed by atoms with van der Waals surface area (Å²) in [5, 5.41) is 5.45. The highest BCUT2D eigenvalue weighted by Gasteiger charge is 2.14. The van der Waals surface area contributed by atoms with Gasteiger partial charge in [-0.3, -0.25) is 9.59 Å². The maximum atomic E-state index is 13.6. The van der Waals surface area contributed by atoms with Gasteiger partial charge in [0.1, 0.15) is 5.82 Å². The van der Waals surface area contributed by atoms with Crippen LogP contribution in [0.3, 0.4) is 0 Å². The topological polar surface area (TPSA) is 58.2 Å². The smallest absolute Gasteiger partial charge is 0.251 e. The fraction of sp³-hybridized carbons (Fsp3) is 0.300. The van der Waals surface area contributed by atoms with E-state index >= 15 is 0 Å². The highest BCUT2D eigenvalue weighted by Crippen LogP contribution is 2.22. The molecule has 2 rings (SSSR count). The molecule has 2 amide bonds. The van der Waals surface area contributed by atoms with Crippen molar-refractivity contribution in [3.63, 3.8) is 0 Å². The van der Waals surface area contributed by atoms with E-state index in [1.165, 1.54) is 18.2 Å². The fourth-order valence-electron chi connectivity index (χ4n) is 2.32. The second kappa shape index (κ2) is 8.32. The zero-order valence-electron chi connectivity index (χ0n) is 15.0. The molecule has 0 saturated heterocycles. The van der Waals surface area contributed by atoms with E-state index in [1.807, 2.05) is 12.1 Å². The molecule has 4 nitrogen and oxygen atoms in total. The molecule has 0 aromatic heterocycles. The number of anilines is 1. The van der Waals surface area contributed by atoms with Crippen molar-refractivity contribution in [3.8, 4) is 0 Å². The summed E-state index contributed by atoms with van der Waals surface area (Å²) in [4.78, 5) is 24.0. The number of carbonyl (C=O) groups excluding carboxylic acids is 2. The molecule has 2 N–H and O–H groups in total. The normalized spacial score (nSPS) is 11.1. The molecular weight excluding hydrogens is 355 g/mol. The molecular formula is C20H22ClFN2O2. The van der Waals surface area contributed by atoms with Crippen molar-refractivity contribution < 1.29 is 14.0 Å². The second-order valence-electron chi connectivity index (χ2n) is 7.01. The number of hydrogen-bond donors (Lipinski definition) is 2. The van der Waals surface area contributed by atoms with Crippen molar-refractivity contribution in [2.45, 2.75) is 32.6 Å². The Balaban J connectivity index is 1.84. The van der Waals surface area contributed by atoms with Crippen LogP contribution in [-0.2, 0) is 10.2 Å². The lowest BCUT2D eigenvalue weighted by atomic mass is 9.87. The van der Waals surface area contributed by atoms with E-state index in [-0.39, 0.29) is 30.0 Å². The Morgan fingerprint density at radius 3 is 2.35 bits per heavy atom. The van der Waals surface area contributed by atoms with Gasteiger partial charge >= 0.3 is 0 Å². The summed E-state index contributed by atoms with van der Waals surface area (Å²) in [6, 6.07) is 11.3. The number of benzene rings is 2. The first kappa shape index (κ1) is 19.9. The van der Waals surface area contributed by atoms with E-state index in [2.05, 4.69) is 31.4 Å². The first-order chi connectivity index (χ1) is 12.2. The number of carbonyl (C=O) groups is 2. The van der Waals surface area contributed by atoms with Gasteiger partial charge in [-0.15, -0.1) is 0 Å². The molecule has 0 fully saturated rings. The molecule has 26 heavy (non-hydrogen) atoms. The second-order valence-corrected chi connectivity index (χ2v) is 7.44. The predicted octanol–water partition coefficient (Wildman–Crippen LogP) is 4.54. The van der Waals surface area contributed by atoms with Gasteiger partial charge < -0.3 is 10.6 Å². The van der Waals surface area contributed by atoms with E-state index < -0.39 is 11.7 Å². The van der Waals surface area contributed by atoms with Crippen molar-refractivity contribution in [1.82, 2.24) is 5.32 Å². The minimum atomic E-state index is -0.564. The van der Waals surface area contributed by atoms with Crippen LogP contribution in [0.25, 0.3) is 0 Å². The van der Waals surface area contributed by atoms with Gasteiger partial charge in [-0.25, -0.2) is 4.39 Å². The molecule has 0 saturated carbocycles. The van der Waals surface area contributed by atoms with Crippen molar-refractivity contribution in [2.24, 2.45) is 0 Å². The first-order valence-electron chi connectivity index (χ1n) is 8.30. The van der Waals surface area contributed by atoms with Crippen LogP contribution in [0.2, 0.25) is 5.02 Å². The van der Waals surface area contributed by atoms with Crippen molar-refractivity contribution in [3.05, 3.63) is 64.4 Å². The molecule has 0 aliphatic heterocycles. The molecule has 0 spiro atoms. The zero-order chi connectivity index (χ0) is 19.3. The zero-order valence-corrected chi connectivity index (χ0v) is 15.8. The average Bonchev–Trinajstić information content (AvgIpc) is 2.57. The van der Waals surface area contributed by atoms with Gasteiger partial charge in [0.05, 0.1) is 5.69 Å². The summed E-state index contributed by atoms with van der Waals surface area (Å²) in [7, 11) is 0. The third-order valence-corrected chi connectivity index (χ3v) is 4.09. The molecule has 2 aromatic rings. The van der Waals surface area contributed by atoms with Crippen LogP contribution < -0.4 is 10.6 Å². The number of amides is 2. The molecule has 0 atom stereocenters. The van der Waals surface area contributed by atoms with E-state index in [0.717, 1.165) is 5.56 Å². The molecule has 0 unspecified atom stereocenters. The highest BCUT2D eigenvalue weighted by atomic mass is 35.5. The molecule has 0 heterocycles. The van der Waals surface area contributed by atoms with Crippen LogP contribution in [-0.4, -0.2) is 18.4 Å². The fourth-order valence-corrected chi connectivity index (χ4v) is 2.49. The quantitative estimate of drug-likeness (QED) is 0.805. The SMILES string of the molecule is CC(C)(C)c1ccc(C(=O)NCCC(=O)Nc2cc(Cl)ccc2F)cc1. The van der Waals surface area contributed by atoms with Gasteiger partial charge in [-0.2, -0.15) is 0 Å². The van der Waals surface area contributed by atoms with E-state index in [9.17, 15) is 14.0 Å². The Morgan fingerprint density at radius 2 is 1.73 bits per heavy atom. The molecule has 0 radical (unpaired) electrons. The summed E-state index contributed by atoms with van der Waals surface area (Å²) in [5.41, 5.74) is 1.70.